The summed E-state index contributed by atoms with van der Waals surface area (Å²) >= 11 is 0. The molecule has 3 aromatic rings. The van der Waals surface area contributed by atoms with E-state index in [-0.39, 0.29) is 41.9 Å². The van der Waals surface area contributed by atoms with Gasteiger partial charge in [-0.15, -0.1) is 0 Å². The Morgan fingerprint density at radius 1 is 1.18 bits per heavy atom. The number of likely N-dealkylation sites (N-methyl/N-ethyl adjacent to an activating group) is 1. The van der Waals surface area contributed by atoms with Crippen LogP contribution in [-0.4, -0.2) is 63.9 Å². The number of rotatable bonds is 8. The van der Waals surface area contributed by atoms with Crippen molar-refractivity contribution in [3.05, 3.63) is 54.2 Å². The van der Waals surface area contributed by atoms with Crippen molar-refractivity contribution in [2.24, 2.45) is 0 Å². The van der Waals surface area contributed by atoms with Gasteiger partial charge in [0.2, 0.25) is 10.0 Å². The standard InChI is InChI=1S/C23H24N2O8S/c1-4-30-23(26)17-12-21(33-24-17)15-9-10-20(29-3)22(11-15)34(27,28)25(2)13-16-14-31-18-7-5-6-8-19(18)32-16/h5-12,16H,4,13-14H2,1-3H3/t16-/m0/s1. The molecule has 4 rings (SSSR count). The molecular weight excluding hydrogens is 464 g/mol. The van der Waals surface area contributed by atoms with Crippen molar-refractivity contribution in [1.82, 2.24) is 9.46 Å². The molecule has 0 fully saturated rings. The zero-order valence-electron chi connectivity index (χ0n) is 18.9. The first kappa shape index (κ1) is 23.6. The molecule has 0 aliphatic carbocycles. The van der Waals surface area contributed by atoms with Gasteiger partial charge in [-0.2, -0.15) is 4.31 Å². The lowest BCUT2D eigenvalue weighted by atomic mass is 10.1. The van der Waals surface area contributed by atoms with Crippen LogP contribution in [-0.2, 0) is 14.8 Å². The number of benzene rings is 2. The predicted molar refractivity (Wildman–Crippen MR) is 121 cm³/mol. The van der Waals surface area contributed by atoms with Crippen LogP contribution in [0, 0.1) is 0 Å². The molecule has 180 valence electrons. The number of carbonyl (C=O) groups is 1. The molecule has 11 heteroatoms. The van der Waals surface area contributed by atoms with E-state index in [9.17, 15) is 13.2 Å². The van der Waals surface area contributed by atoms with Gasteiger partial charge in [0.15, 0.2) is 23.0 Å². The van der Waals surface area contributed by atoms with Crippen molar-refractivity contribution in [1.29, 1.82) is 0 Å². The largest absolute Gasteiger partial charge is 0.495 e. The molecule has 34 heavy (non-hydrogen) atoms. The molecule has 0 amide bonds. The number of methoxy groups -OCH3 is 1. The summed E-state index contributed by atoms with van der Waals surface area (Å²) in [7, 11) is -1.15. The number of para-hydroxylation sites is 2. The van der Waals surface area contributed by atoms with Gasteiger partial charge in [-0.3, -0.25) is 0 Å². The Kier molecular flexibility index (Phi) is 6.75. The van der Waals surface area contributed by atoms with Crippen molar-refractivity contribution in [3.63, 3.8) is 0 Å². The van der Waals surface area contributed by atoms with Crippen LogP contribution in [0.25, 0.3) is 11.3 Å². The summed E-state index contributed by atoms with van der Waals surface area (Å²) in [6.07, 6.45) is -0.495. The van der Waals surface area contributed by atoms with E-state index in [0.29, 0.717) is 17.1 Å². The number of carbonyl (C=O) groups excluding carboxylic acids is 1. The SMILES string of the molecule is CCOC(=O)c1cc(-c2ccc(OC)c(S(=O)(=O)N(C)C[C@H]3COc4ccccc4O3)c2)on1. The lowest BCUT2D eigenvalue weighted by Crippen LogP contribution is -2.41. The number of fused-ring (bicyclic) bond motifs is 1. The number of hydrogen-bond acceptors (Lipinski definition) is 9. The van der Waals surface area contributed by atoms with Gasteiger partial charge >= 0.3 is 5.97 Å². The second kappa shape index (κ2) is 9.74. The summed E-state index contributed by atoms with van der Waals surface area (Å²) in [4.78, 5) is 11.8. The number of sulfonamides is 1. The topological polar surface area (TPSA) is 117 Å². The fourth-order valence-electron chi connectivity index (χ4n) is 3.45. The highest BCUT2D eigenvalue weighted by Gasteiger charge is 2.30. The van der Waals surface area contributed by atoms with E-state index in [0.717, 1.165) is 0 Å². The van der Waals surface area contributed by atoms with Gasteiger partial charge in [-0.25, -0.2) is 13.2 Å². The average molecular weight is 489 g/mol. The number of aromatic nitrogens is 1. The maximum Gasteiger partial charge on any atom is 0.360 e. The first-order valence-electron chi connectivity index (χ1n) is 10.5. The number of hydrogen-bond donors (Lipinski definition) is 0. The van der Waals surface area contributed by atoms with Gasteiger partial charge < -0.3 is 23.5 Å². The van der Waals surface area contributed by atoms with Crippen LogP contribution >= 0.6 is 0 Å². The third-order valence-corrected chi connectivity index (χ3v) is 7.00. The lowest BCUT2D eigenvalue weighted by molar-refractivity contribution is 0.0514. The summed E-state index contributed by atoms with van der Waals surface area (Å²) in [5.41, 5.74) is 0.394. The second-order valence-electron chi connectivity index (χ2n) is 7.45. The normalized spacial score (nSPS) is 15.2. The molecule has 0 spiro atoms. The summed E-state index contributed by atoms with van der Waals surface area (Å²) < 4.78 is 55.1. The van der Waals surface area contributed by atoms with E-state index >= 15 is 0 Å². The van der Waals surface area contributed by atoms with Crippen molar-refractivity contribution < 1.29 is 36.7 Å². The van der Waals surface area contributed by atoms with Crippen molar-refractivity contribution in [2.45, 2.75) is 17.9 Å². The van der Waals surface area contributed by atoms with Crippen LogP contribution in [0.1, 0.15) is 17.4 Å². The Hall–Kier alpha value is -3.57. The highest BCUT2D eigenvalue weighted by atomic mass is 32.2. The number of esters is 1. The highest BCUT2D eigenvalue weighted by molar-refractivity contribution is 7.89. The van der Waals surface area contributed by atoms with Gasteiger partial charge in [0.25, 0.3) is 0 Å². The molecule has 1 aliphatic heterocycles. The average Bonchev–Trinajstić information content (AvgIpc) is 3.34. The van der Waals surface area contributed by atoms with Crippen LogP contribution < -0.4 is 14.2 Å². The van der Waals surface area contributed by atoms with Crippen LogP contribution in [0.2, 0.25) is 0 Å². The molecular formula is C23H24N2O8S. The third-order valence-electron chi connectivity index (χ3n) is 5.16. The molecule has 10 nitrogen and oxygen atoms in total. The molecule has 1 aromatic heterocycles. The second-order valence-corrected chi connectivity index (χ2v) is 9.46. The Balaban J connectivity index is 1.58. The fourth-order valence-corrected chi connectivity index (χ4v) is 4.83. The van der Waals surface area contributed by atoms with E-state index in [1.165, 1.54) is 36.7 Å². The zero-order chi connectivity index (χ0) is 24.3. The van der Waals surface area contributed by atoms with Gasteiger partial charge in [-0.1, -0.05) is 17.3 Å². The van der Waals surface area contributed by atoms with Crippen molar-refractivity contribution in [2.75, 3.05) is 33.9 Å². The van der Waals surface area contributed by atoms with Crippen molar-refractivity contribution in [3.8, 4) is 28.6 Å². The maximum atomic E-state index is 13.4. The minimum Gasteiger partial charge on any atom is -0.495 e. The fraction of sp³-hybridized carbons (Fsp3) is 0.304. The Morgan fingerprint density at radius 3 is 2.68 bits per heavy atom. The quantitative estimate of drug-likeness (QED) is 0.441. The Bertz CT molecular complexity index is 1290. The van der Waals surface area contributed by atoms with Gasteiger partial charge in [-0.05, 0) is 37.3 Å². The van der Waals surface area contributed by atoms with Gasteiger partial charge in [0.05, 0.1) is 20.3 Å². The molecule has 2 aromatic carbocycles. The maximum absolute atomic E-state index is 13.4. The first-order valence-corrected chi connectivity index (χ1v) is 11.9. The highest BCUT2D eigenvalue weighted by Crippen LogP contribution is 2.34. The van der Waals surface area contributed by atoms with Crippen LogP contribution in [0.15, 0.2) is 57.9 Å². The minimum atomic E-state index is -3.99. The number of nitrogens with zero attached hydrogens (tertiary/aromatic N) is 2. The van der Waals surface area contributed by atoms with E-state index in [1.807, 2.05) is 12.1 Å². The predicted octanol–water partition coefficient (Wildman–Crippen LogP) is 2.99. The van der Waals surface area contributed by atoms with Crippen LogP contribution in [0.5, 0.6) is 17.2 Å². The van der Waals surface area contributed by atoms with E-state index < -0.39 is 22.1 Å². The van der Waals surface area contributed by atoms with Crippen LogP contribution in [0.4, 0.5) is 0 Å². The zero-order valence-corrected chi connectivity index (χ0v) is 19.7. The smallest absolute Gasteiger partial charge is 0.360 e. The number of ether oxygens (including phenoxy) is 4. The molecule has 2 heterocycles. The van der Waals surface area contributed by atoms with E-state index in [1.54, 1.807) is 25.1 Å². The third kappa shape index (κ3) is 4.70. The monoisotopic (exact) mass is 488 g/mol. The lowest BCUT2D eigenvalue weighted by Gasteiger charge is -2.29. The molecule has 0 N–H and O–H groups in total. The molecule has 0 saturated heterocycles. The molecule has 1 atom stereocenters. The van der Waals surface area contributed by atoms with Gasteiger partial charge in [0, 0.05) is 18.7 Å². The molecule has 0 radical (unpaired) electrons. The van der Waals surface area contributed by atoms with E-state index in [2.05, 4.69) is 5.16 Å². The van der Waals surface area contributed by atoms with Crippen LogP contribution in [0.3, 0.4) is 0 Å². The molecule has 0 saturated carbocycles. The molecule has 1 aliphatic rings. The summed E-state index contributed by atoms with van der Waals surface area (Å²) in [5, 5.41) is 3.71. The van der Waals surface area contributed by atoms with E-state index in [4.69, 9.17) is 23.5 Å². The minimum absolute atomic E-state index is 0.0103. The molecule has 0 unspecified atom stereocenters. The van der Waals surface area contributed by atoms with Crippen molar-refractivity contribution >= 4 is 16.0 Å². The van der Waals surface area contributed by atoms with Gasteiger partial charge in [0.1, 0.15) is 23.4 Å². The molecule has 0 bridgehead atoms. The summed E-state index contributed by atoms with van der Waals surface area (Å²) in [5.74, 6) is 0.923. The summed E-state index contributed by atoms with van der Waals surface area (Å²) in [6, 6.07) is 13.1. The Morgan fingerprint density at radius 2 is 1.94 bits per heavy atom. The summed E-state index contributed by atoms with van der Waals surface area (Å²) in [6.45, 7) is 2.14. The Labute approximate surface area is 197 Å². The first-order chi connectivity index (χ1) is 16.3.